The van der Waals surface area contributed by atoms with Gasteiger partial charge < -0.3 is 21.1 Å². The first-order chi connectivity index (χ1) is 13.6. The number of carbonyl (C=O) groups excluding carboxylic acids is 1. The molecular formula is C21H33N5O2. The highest BCUT2D eigenvalue weighted by atomic mass is 16.5. The molecule has 1 aromatic rings. The smallest absolute Gasteiger partial charge is 0.282 e. The van der Waals surface area contributed by atoms with Gasteiger partial charge >= 0.3 is 0 Å². The van der Waals surface area contributed by atoms with Gasteiger partial charge in [-0.25, -0.2) is 4.98 Å². The van der Waals surface area contributed by atoms with E-state index in [-0.39, 0.29) is 11.8 Å². The zero-order valence-corrected chi connectivity index (χ0v) is 17.0. The fourth-order valence-corrected chi connectivity index (χ4v) is 3.49. The maximum atomic E-state index is 12.6. The van der Waals surface area contributed by atoms with Crippen molar-refractivity contribution in [2.24, 2.45) is 16.6 Å². The average molecular weight is 388 g/mol. The Kier molecular flexibility index (Phi) is 7.39. The molecule has 1 amide bonds. The Balaban J connectivity index is 1.57. The molecule has 0 bridgehead atoms. The number of aromatic nitrogens is 1. The third kappa shape index (κ3) is 6.01. The summed E-state index contributed by atoms with van der Waals surface area (Å²) in [5, 5.41) is 7.07. The summed E-state index contributed by atoms with van der Waals surface area (Å²) in [6.07, 6.45) is 7.99. The Hall–Kier alpha value is -1.99. The zero-order valence-electron chi connectivity index (χ0n) is 17.0. The number of nitrogens with one attached hydrogen (secondary N) is 2. The SMILES string of the molecule is CCC(CCNc1ncc(C)cc1C(=O)N=C(N)C1CC1)NC1CCOCC1. The molecular weight excluding hydrogens is 354 g/mol. The van der Waals surface area contributed by atoms with Gasteiger partial charge in [-0.1, -0.05) is 6.92 Å². The van der Waals surface area contributed by atoms with Crippen LogP contribution >= 0.6 is 0 Å². The number of aryl methyl sites for hydroxylation is 1. The topological polar surface area (TPSA) is 102 Å². The summed E-state index contributed by atoms with van der Waals surface area (Å²) in [6, 6.07) is 2.80. The van der Waals surface area contributed by atoms with Crippen molar-refractivity contribution < 1.29 is 9.53 Å². The number of amides is 1. The first kappa shape index (κ1) is 20.7. The average Bonchev–Trinajstić information content (AvgIpc) is 3.54. The van der Waals surface area contributed by atoms with Gasteiger partial charge in [0, 0.05) is 44.0 Å². The van der Waals surface area contributed by atoms with E-state index in [0.717, 1.165) is 63.8 Å². The Morgan fingerprint density at radius 3 is 2.79 bits per heavy atom. The zero-order chi connectivity index (χ0) is 19.9. The molecule has 1 atom stereocenters. The molecule has 7 nitrogen and oxygen atoms in total. The largest absolute Gasteiger partial charge is 0.387 e. The third-order valence-corrected chi connectivity index (χ3v) is 5.45. The van der Waals surface area contributed by atoms with Crippen LogP contribution in [0.5, 0.6) is 0 Å². The Morgan fingerprint density at radius 1 is 1.36 bits per heavy atom. The van der Waals surface area contributed by atoms with Crippen LogP contribution in [0.3, 0.4) is 0 Å². The summed E-state index contributed by atoms with van der Waals surface area (Å²) in [5.74, 6) is 1.00. The summed E-state index contributed by atoms with van der Waals surface area (Å²) in [5.41, 5.74) is 7.35. The molecule has 1 saturated heterocycles. The molecule has 0 aromatic carbocycles. The summed E-state index contributed by atoms with van der Waals surface area (Å²) < 4.78 is 5.43. The fourth-order valence-electron chi connectivity index (χ4n) is 3.49. The number of aliphatic imine (C=N–C) groups is 1. The van der Waals surface area contributed by atoms with E-state index in [1.165, 1.54) is 0 Å². The minimum Gasteiger partial charge on any atom is -0.387 e. The minimum absolute atomic E-state index is 0.278. The molecule has 154 valence electrons. The number of carbonyl (C=O) groups is 1. The van der Waals surface area contributed by atoms with Gasteiger partial charge in [0.2, 0.25) is 0 Å². The minimum atomic E-state index is -0.310. The molecule has 1 unspecified atom stereocenters. The van der Waals surface area contributed by atoms with Gasteiger partial charge in [0.15, 0.2) is 0 Å². The lowest BCUT2D eigenvalue weighted by atomic mass is 10.0. The monoisotopic (exact) mass is 387 g/mol. The number of hydrogen-bond acceptors (Lipinski definition) is 5. The molecule has 3 rings (SSSR count). The fraction of sp³-hybridized carbons (Fsp3) is 0.667. The molecule has 4 N–H and O–H groups in total. The third-order valence-electron chi connectivity index (χ3n) is 5.45. The van der Waals surface area contributed by atoms with Crippen LogP contribution in [0, 0.1) is 12.8 Å². The van der Waals surface area contributed by atoms with Crippen molar-refractivity contribution in [1.82, 2.24) is 10.3 Å². The highest BCUT2D eigenvalue weighted by molar-refractivity contribution is 6.06. The van der Waals surface area contributed by atoms with E-state index in [0.29, 0.717) is 29.3 Å². The van der Waals surface area contributed by atoms with Gasteiger partial charge in [0.1, 0.15) is 11.7 Å². The number of hydrogen-bond donors (Lipinski definition) is 3. The first-order valence-corrected chi connectivity index (χ1v) is 10.5. The summed E-state index contributed by atoms with van der Waals surface area (Å²) in [6.45, 7) is 6.55. The van der Waals surface area contributed by atoms with E-state index in [1.54, 1.807) is 6.20 Å². The van der Waals surface area contributed by atoms with Crippen molar-refractivity contribution in [1.29, 1.82) is 0 Å². The standard InChI is InChI=1S/C21H33N5O2/c1-3-16(25-17-7-10-28-11-8-17)6-9-23-20-18(12-14(2)13-24-20)21(27)26-19(22)15-4-5-15/h12-13,15-17,25H,3-11H2,1-2H3,(H,23,24)(H2,22,26,27). The lowest BCUT2D eigenvalue weighted by molar-refractivity contribution is 0.0745. The van der Waals surface area contributed by atoms with Crippen LogP contribution in [0.15, 0.2) is 17.3 Å². The molecule has 2 fully saturated rings. The molecule has 2 heterocycles. The van der Waals surface area contributed by atoms with Crippen molar-refractivity contribution in [3.8, 4) is 0 Å². The maximum Gasteiger partial charge on any atom is 0.282 e. The molecule has 1 aliphatic carbocycles. The van der Waals surface area contributed by atoms with Crippen LogP contribution in [0.4, 0.5) is 5.82 Å². The lowest BCUT2D eigenvalue weighted by Crippen LogP contribution is -2.42. The first-order valence-electron chi connectivity index (χ1n) is 10.5. The van der Waals surface area contributed by atoms with E-state index in [1.807, 2.05) is 13.0 Å². The second-order valence-corrected chi connectivity index (χ2v) is 7.90. The van der Waals surface area contributed by atoms with Gasteiger partial charge in [-0.3, -0.25) is 4.79 Å². The van der Waals surface area contributed by atoms with Gasteiger partial charge in [0.05, 0.1) is 5.56 Å². The number of rotatable bonds is 9. The Bertz CT molecular complexity index is 696. The number of nitrogens with two attached hydrogens (primary N) is 1. The van der Waals surface area contributed by atoms with Crippen molar-refractivity contribution >= 4 is 17.6 Å². The predicted octanol–water partition coefficient (Wildman–Crippen LogP) is 2.65. The number of pyridine rings is 1. The summed E-state index contributed by atoms with van der Waals surface area (Å²) in [4.78, 5) is 21.1. The Morgan fingerprint density at radius 2 is 2.11 bits per heavy atom. The van der Waals surface area contributed by atoms with Crippen LogP contribution in [-0.4, -0.2) is 48.6 Å². The van der Waals surface area contributed by atoms with Crippen LogP contribution < -0.4 is 16.4 Å². The predicted molar refractivity (Wildman–Crippen MR) is 112 cm³/mol. The Labute approximate surface area is 167 Å². The second kappa shape index (κ2) is 9.98. The normalized spacial score (nSPS) is 19.4. The molecule has 2 aliphatic rings. The van der Waals surface area contributed by atoms with E-state index >= 15 is 0 Å². The number of amidine groups is 1. The molecule has 0 radical (unpaired) electrons. The van der Waals surface area contributed by atoms with Crippen molar-refractivity contribution in [3.05, 3.63) is 23.4 Å². The number of ether oxygens (including phenoxy) is 1. The number of anilines is 1. The molecule has 1 saturated carbocycles. The van der Waals surface area contributed by atoms with Gasteiger partial charge in [0.25, 0.3) is 5.91 Å². The summed E-state index contributed by atoms with van der Waals surface area (Å²) >= 11 is 0. The van der Waals surface area contributed by atoms with E-state index in [2.05, 4.69) is 27.5 Å². The quantitative estimate of drug-likeness (QED) is 0.445. The lowest BCUT2D eigenvalue weighted by Gasteiger charge is -2.28. The summed E-state index contributed by atoms with van der Waals surface area (Å²) in [7, 11) is 0. The van der Waals surface area contributed by atoms with Crippen LogP contribution in [-0.2, 0) is 4.74 Å². The van der Waals surface area contributed by atoms with Crippen LogP contribution in [0.2, 0.25) is 0 Å². The highest BCUT2D eigenvalue weighted by Gasteiger charge is 2.26. The van der Waals surface area contributed by atoms with E-state index < -0.39 is 0 Å². The molecule has 28 heavy (non-hydrogen) atoms. The number of nitrogens with zero attached hydrogens (tertiary/aromatic N) is 2. The van der Waals surface area contributed by atoms with Crippen molar-refractivity contribution in [2.75, 3.05) is 25.1 Å². The van der Waals surface area contributed by atoms with Crippen molar-refractivity contribution in [2.45, 2.75) is 64.5 Å². The van der Waals surface area contributed by atoms with Gasteiger partial charge in [-0.2, -0.15) is 4.99 Å². The van der Waals surface area contributed by atoms with Crippen LogP contribution in [0.1, 0.15) is 61.4 Å². The van der Waals surface area contributed by atoms with Crippen molar-refractivity contribution in [3.63, 3.8) is 0 Å². The van der Waals surface area contributed by atoms with Crippen LogP contribution in [0.25, 0.3) is 0 Å². The second-order valence-electron chi connectivity index (χ2n) is 7.90. The molecule has 1 aromatic heterocycles. The van der Waals surface area contributed by atoms with E-state index in [9.17, 15) is 4.79 Å². The molecule has 7 heteroatoms. The highest BCUT2D eigenvalue weighted by Crippen LogP contribution is 2.29. The molecule has 0 spiro atoms. The van der Waals surface area contributed by atoms with Gasteiger partial charge in [-0.05, 0) is 57.1 Å². The van der Waals surface area contributed by atoms with E-state index in [4.69, 9.17) is 10.5 Å². The molecule has 1 aliphatic heterocycles. The maximum absolute atomic E-state index is 12.6. The van der Waals surface area contributed by atoms with Gasteiger partial charge in [-0.15, -0.1) is 0 Å².